The van der Waals surface area contributed by atoms with Crippen molar-refractivity contribution in [1.29, 1.82) is 0 Å². The van der Waals surface area contributed by atoms with Crippen molar-refractivity contribution >= 4 is 27.4 Å². The number of nitrogens with one attached hydrogen (secondary N) is 1. The number of aromatic nitrogens is 2. The second-order valence-corrected chi connectivity index (χ2v) is 5.97. The van der Waals surface area contributed by atoms with E-state index >= 15 is 0 Å². The molecule has 5 nitrogen and oxygen atoms in total. The molecule has 1 aliphatic rings. The van der Waals surface area contributed by atoms with Crippen molar-refractivity contribution in [2.45, 2.75) is 25.4 Å². The molecule has 1 aliphatic carbocycles. The normalized spacial score (nSPS) is 15.2. The lowest BCUT2D eigenvalue weighted by Crippen LogP contribution is -2.30. The summed E-state index contributed by atoms with van der Waals surface area (Å²) in [6, 6.07) is 2.75. The van der Waals surface area contributed by atoms with Crippen molar-refractivity contribution in [2.24, 2.45) is 0 Å². The van der Waals surface area contributed by atoms with Crippen molar-refractivity contribution in [1.82, 2.24) is 14.9 Å². The summed E-state index contributed by atoms with van der Waals surface area (Å²) in [5.74, 6) is 1.82. The van der Waals surface area contributed by atoms with Crippen molar-refractivity contribution in [3.8, 4) is 0 Å². The highest BCUT2D eigenvalue weighted by Gasteiger charge is 2.29. The zero-order chi connectivity index (χ0) is 13.9. The lowest BCUT2D eigenvalue weighted by molar-refractivity contribution is 0.138. The van der Waals surface area contributed by atoms with E-state index in [1.165, 1.54) is 12.8 Å². The molecule has 2 aromatic rings. The van der Waals surface area contributed by atoms with Gasteiger partial charge in [0.25, 0.3) is 0 Å². The Kier molecular flexibility index (Phi) is 4.14. The van der Waals surface area contributed by atoms with Gasteiger partial charge in [0, 0.05) is 26.7 Å². The quantitative estimate of drug-likeness (QED) is 0.849. The summed E-state index contributed by atoms with van der Waals surface area (Å²) < 4.78 is 5.20. The van der Waals surface area contributed by atoms with Crippen LogP contribution in [0.5, 0.6) is 0 Å². The van der Waals surface area contributed by atoms with E-state index in [4.69, 9.17) is 4.74 Å². The van der Waals surface area contributed by atoms with E-state index in [9.17, 15) is 0 Å². The van der Waals surface area contributed by atoms with Crippen molar-refractivity contribution in [3.05, 3.63) is 17.3 Å². The number of hydrogen-bond acceptors (Lipinski definition) is 6. The van der Waals surface area contributed by atoms with Crippen molar-refractivity contribution in [3.63, 3.8) is 0 Å². The molecule has 0 atom stereocenters. The molecule has 0 aromatic carbocycles. The number of nitrogens with zero attached hydrogens (tertiary/aromatic N) is 3. The molecule has 0 aliphatic heterocycles. The van der Waals surface area contributed by atoms with Gasteiger partial charge in [0.15, 0.2) is 0 Å². The number of anilines is 1. The van der Waals surface area contributed by atoms with Crippen LogP contribution in [0.2, 0.25) is 0 Å². The monoisotopic (exact) mass is 292 g/mol. The standard InChI is InChI=1S/C14H20N4OS/c1-15-13-11-5-8-20-14(11)17-12(16-13)9-18(6-7-19-2)10-3-4-10/h5,8,10H,3-4,6-7,9H2,1-2H3,(H,15,16,17). The average molecular weight is 292 g/mol. The number of thiophene rings is 1. The molecule has 20 heavy (non-hydrogen) atoms. The van der Waals surface area contributed by atoms with E-state index in [2.05, 4.69) is 31.6 Å². The lowest BCUT2D eigenvalue weighted by atomic mass is 10.3. The topological polar surface area (TPSA) is 50.3 Å². The van der Waals surface area contributed by atoms with Crippen LogP contribution in [-0.2, 0) is 11.3 Å². The van der Waals surface area contributed by atoms with Gasteiger partial charge in [-0.15, -0.1) is 11.3 Å². The van der Waals surface area contributed by atoms with E-state index in [1.54, 1.807) is 18.4 Å². The highest BCUT2D eigenvalue weighted by Crippen LogP contribution is 2.29. The van der Waals surface area contributed by atoms with Crippen LogP contribution >= 0.6 is 11.3 Å². The van der Waals surface area contributed by atoms with E-state index in [-0.39, 0.29) is 0 Å². The van der Waals surface area contributed by atoms with Gasteiger partial charge in [0.2, 0.25) is 0 Å². The number of rotatable bonds is 7. The predicted molar refractivity (Wildman–Crippen MR) is 82.3 cm³/mol. The first-order chi connectivity index (χ1) is 9.81. The van der Waals surface area contributed by atoms with Crippen LogP contribution in [0.15, 0.2) is 11.4 Å². The molecule has 0 amide bonds. The first-order valence-electron chi connectivity index (χ1n) is 6.96. The molecule has 0 spiro atoms. The molecule has 1 fully saturated rings. The van der Waals surface area contributed by atoms with E-state index in [0.29, 0.717) is 6.04 Å². The van der Waals surface area contributed by atoms with Crippen LogP contribution < -0.4 is 5.32 Å². The van der Waals surface area contributed by atoms with Gasteiger partial charge in [-0.1, -0.05) is 0 Å². The van der Waals surface area contributed by atoms with Gasteiger partial charge < -0.3 is 10.1 Å². The minimum absolute atomic E-state index is 0.686. The molecule has 1 saturated carbocycles. The van der Waals surface area contributed by atoms with Crippen LogP contribution in [0.1, 0.15) is 18.7 Å². The van der Waals surface area contributed by atoms with Gasteiger partial charge in [-0.05, 0) is 24.3 Å². The third-order valence-electron chi connectivity index (χ3n) is 3.60. The summed E-state index contributed by atoms with van der Waals surface area (Å²) in [5.41, 5.74) is 0. The predicted octanol–water partition coefficient (Wildman–Crippen LogP) is 2.34. The summed E-state index contributed by atoms with van der Waals surface area (Å²) in [6.07, 6.45) is 2.56. The fourth-order valence-electron chi connectivity index (χ4n) is 2.38. The molecule has 0 bridgehead atoms. The van der Waals surface area contributed by atoms with Crippen molar-refractivity contribution in [2.75, 3.05) is 32.6 Å². The van der Waals surface area contributed by atoms with Gasteiger partial charge in [0.05, 0.1) is 18.5 Å². The van der Waals surface area contributed by atoms with Crippen LogP contribution in [0.3, 0.4) is 0 Å². The van der Waals surface area contributed by atoms with Crippen LogP contribution in [0.25, 0.3) is 10.2 Å². The van der Waals surface area contributed by atoms with E-state index in [0.717, 1.165) is 41.6 Å². The first kappa shape index (κ1) is 13.7. The Hall–Kier alpha value is -1.24. The Balaban J connectivity index is 1.81. The molecule has 3 rings (SSSR count). The van der Waals surface area contributed by atoms with Crippen molar-refractivity contribution < 1.29 is 4.74 Å². The fraction of sp³-hybridized carbons (Fsp3) is 0.571. The third-order valence-corrected chi connectivity index (χ3v) is 4.41. The largest absolute Gasteiger partial charge is 0.383 e. The number of methoxy groups -OCH3 is 1. The minimum atomic E-state index is 0.686. The third kappa shape index (κ3) is 2.92. The number of fused-ring (bicyclic) bond motifs is 1. The number of hydrogen-bond donors (Lipinski definition) is 1. The van der Waals surface area contributed by atoms with Gasteiger partial charge in [-0.3, -0.25) is 4.90 Å². The van der Waals surface area contributed by atoms with Crippen LogP contribution in [0.4, 0.5) is 5.82 Å². The molecule has 0 saturated heterocycles. The molecular formula is C14H20N4OS. The molecule has 6 heteroatoms. The molecule has 2 aromatic heterocycles. The first-order valence-corrected chi connectivity index (χ1v) is 7.84. The SMILES string of the molecule is CNc1nc(CN(CCOC)C2CC2)nc2sccc12. The van der Waals surface area contributed by atoms with Crippen LogP contribution in [-0.4, -0.2) is 48.2 Å². The highest BCUT2D eigenvalue weighted by molar-refractivity contribution is 7.16. The minimum Gasteiger partial charge on any atom is -0.383 e. The molecular weight excluding hydrogens is 272 g/mol. The van der Waals surface area contributed by atoms with Crippen LogP contribution in [0, 0.1) is 0 Å². The summed E-state index contributed by atoms with van der Waals surface area (Å²) in [7, 11) is 3.66. The Bertz CT molecular complexity index is 582. The second-order valence-electron chi connectivity index (χ2n) is 5.07. The summed E-state index contributed by atoms with van der Waals surface area (Å²) in [5, 5.41) is 6.34. The molecule has 1 N–H and O–H groups in total. The highest BCUT2D eigenvalue weighted by atomic mass is 32.1. The second kappa shape index (κ2) is 6.03. The molecule has 2 heterocycles. The summed E-state index contributed by atoms with van der Waals surface area (Å²) in [4.78, 5) is 12.8. The Morgan fingerprint density at radius 2 is 2.30 bits per heavy atom. The summed E-state index contributed by atoms with van der Waals surface area (Å²) >= 11 is 1.67. The van der Waals surface area contributed by atoms with Gasteiger partial charge in [-0.25, -0.2) is 9.97 Å². The molecule has 108 valence electrons. The maximum Gasteiger partial charge on any atom is 0.146 e. The zero-order valence-corrected chi connectivity index (χ0v) is 12.7. The number of ether oxygens (including phenoxy) is 1. The van der Waals surface area contributed by atoms with E-state index < -0.39 is 0 Å². The Labute approximate surface area is 123 Å². The molecule has 0 radical (unpaired) electrons. The zero-order valence-electron chi connectivity index (χ0n) is 11.9. The summed E-state index contributed by atoms with van der Waals surface area (Å²) in [6.45, 7) is 2.51. The average Bonchev–Trinajstić information content (AvgIpc) is 3.20. The fourth-order valence-corrected chi connectivity index (χ4v) is 3.16. The molecule has 0 unspecified atom stereocenters. The maximum absolute atomic E-state index is 5.20. The van der Waals surface area contributed by atoms with E-state index in [1.807, 2.05) is 7.05 Å². The smallest absolute Gasteiger partial charge is 0.146 e. The van der Waals surface area contributed by atoms with Gasteiger partial charge in [-0.2, -0.15) is 0 Å². The maximum atomic E-state index is 5.20. The lowest BCUT2D eigenvalue weighted by Gasteiger charge is -2.20. The Morgan fingerprint density at radius 1 is 1.45 bits per heavy atom. The van der Waals surface area contributed by atoms with Gasteiger partial charge in [0.1, 0.15) is 16.5 Å². The Morgan fingerprint density at radius 3 is 3.00 bits per heavy atom. The van der Waals surface area contributed by atoms with Gasteiger partial charge >= 0.3 is 0 Å².